The van der Waals surface area contributed by atoms with E-state index >= 15 is 0 Å². The van der Waals surface area contributed by atoms with Crippen molar-refractivity contribution in [1.82, 2.24) is 0 Å². The van der Waals surface area contributed by atoms with E-state index in [0.717, 1.165) is 6.42 Å². The number of fused-ring (bicyclic) bond motifs is 1. The summed E-state index contributed by atoms with van der Waals surface area (Å²) in [5.74, 6) is -3.05. The molecule has 1 saturated heterocycles. The Labute approximate surface area is 79.2 Å². The summed E-state index contributed by atoms with van der Waals surface area (Å²) >= 11 is -0.528. The van der Waals surface area contributed by atoms with Gasteiger partial charge in [-0.3, -0.25) is 0 Å². The van der Waals surface area contributed by atoms with Crippen LogP contribution in [0.15, 0.2) is 0 Å². The fourth-order valence-electron chi connectivity index (χ4n) is 2.61. The van der Waals surface area contributed by atoms with E-state index in [1.54, 1.807) is 0 Å². The Hall–Kier alpha value is 0.260. The Balaban J connectivity index is 2.05. The molecule has 4 heteroatoms. The molecule has 1 nitrogen and oxygen atoms in total. The molecule has 12 heavy (non-hydrogen) atoms. The van der Waals surface area contributed by atoms with Crippen LogP contribution in [0.3, 0.4) is 0 Å². The van der Waals surface area contributed by atoms with Crippen molar-refractivity contribution in [3.63, 3.8) is 0 Å². The molecule has 0 unspecified atom stereocenters. The van der Waals surface area contributed by atoms with Gasteiger partial charge in [-0.05, 0) is 0 Å². The van der Waals surface area contributed by atoms with Crippen LogP contribution in [-0.4, -0.2) is 19.6 Å². The average molecular weight is 285 g/mol. The van der Waals surface area contributed by atoms with Gasteiger partial charge in [0.2, 0.25) is 0 Å². The Kier molecular flexibility index (Phi) is 1.28. The molecule has 1 aliphatic heterocycles. The van der Waals surface area contributed by atoms with Crippen molar-refractivity contribution in [2.75, 3.05) is 0 Å². The van der Waals surface area contributed by atoms with Gasteiger partial charge in [-0.1, -0.05) is 0 Å². The monoisotopic (exact) mass is 285 g/mol. The second kappa shape index (κ2) is 2.01. The summed E-state index contributed by atoms with van der Waals surface area (Å²) in [5.41, 5.74) is 0. The fraction of sp³-hybridized carbons (Fsp3) is 0.875. The van der Waals surface area contributed by atoms with Gasteiger partial charge in [-0.2, -0.15) is 0 Å². The zero-order valence-electron chi connectivity index (χ0n) is 6.27. The van der Waals surface area contributed by atoms with E-state index in [-0.39, 0.29) is 19.6 Å². The van der Waals surface area contributed by atoms with Crippen molar-refractivity contribution in [2.24, 2.45) is 11.8 Å². The van der Waals surface area contributed by atoms with Gasteiger partial charge in [-0.15, -0.1) is 0 Å². The standard InChI is InChI=1S/C8H8F2IO/c9-8(10)4-2-1-3-5(8)6(11-4)7(3)12/h3-6H,1-2H2/q-1/t3-,4+,5+,6+/m0/s1. The summed E-state index contributed by atoms with van der Waals surface area (Å²) in [4.78, 5) is 11.3. The molecule has 0 radical (unpaired) electrons. The number of rotatable bonds is 0. The molecule has 0 N–H and O–H groups in total. The summed E-state index contributed by atoms with van der Waals surface area (Å²) in [6.45, 7) is 0. The Bertz CT molecular complexity index is 258. The van der Waals surface area contributed by atoms with E-state index in [1.165, 1.54) is 0 Å². The van der Waals surface area contributed by atoms with Crippen LogP contribution in [0.4, 0.5) is 8.78 Å². The molecule has 68 valence electrons. The first-order valence-corrected chi connectivity index (χ1v) is 6.65. The third-order valence-electron chi connectivity index (χ3n) is 3.27. The molecule has 0 amide bonds. The summed E-state index contributed by atoms with van der Waals surface area (Å²) in [5, 5.41) is 0. The summed E-state index contributed by atoms with van der Waals surface area (Å²) in [7, 11) is 0. The SMILES string of the molecule is O=C1[C@H]2CC[C@H]3[I-][C@@H]1[C@@H]2C3(F)F. The minimum absolute atomic E-state index is 0.156. The van der Waals surface area contributed by atoms with Crippen molar-refractivity contribution in [1.29, 1.82) is 0 Å². The second-order valence-electron chi connectivity index (χ2n) is 3.78. The first kappa shape index (κ1) is 7.64. The van der Waals surface area contributed by atoms with Gasteiger partial charge < -0.3 is 0 Å². The molecular formula is C8H8F2IO-. The van der Waals surface area contributed by atoms with Crippen LogP contribution in [0.2, 0.25) is 0 Å². The Morgan fingerprint density at radius 1 is 1.42 bits per heavy atom. The van der Waals surface area contributed by atoms with Gasteiger partial charge in [0.25, 0.3) is 0 Å². The maximum absolute atomic E-state index is 13.4. The molecule has 0 aromatic carbocycles. The van der Waals surface area contributed by atoms with Crippen LogP contribution in [0.25, 0.3) is 0 Å². The molecule has 3 rings (SSSR count). The third kappa shape index (κ3) is 0.634. The second-order valence-corrected chi connectivity index (χ2v) is 7.35. The third-order valence-corrected chi connectivity index (χ3v) is 7.75. The Morgan fingerprint density at radius 3 is 2.92 bits per heavy atom. The van der Waals surface area contributed by atoms with Crippen LogP contribution in [-0.2, 0) is 4.79 Å². The number of ketones is 1. The van der Waals surface area contributed by atoms with Crippen LogP contribution in [0.1, 0.15) is 12.8 Å². The quantitative estimate of drug-likeness (QED) is 0.374. The van der Waals surface area contributed by atoms with E-state index in [1.807, 2.05) is 0 Å². The van der Waals surface area contributed by atoms with Crippen molar-refractivity contribution in [2.45, 2.75) is 26.6 Å². The molecule has 3 fully saturated rings. The Morgan fingerprint density at radius 2 is 2.17 bits per heavy atom. The molecule has 4 atom stereocenters. The predicted molar refractivity (Wildman–Crippen MR) is 33.7 cm³/mol. The molecule has 0 aromatic rings. The van der Waals surface area contributed by atoms with Crippen molar-refractivity contribution >= 4 is 5.78 Å². The molecule has 0 spiro atoms. The average Bonchev–Trinajstić information content (AvgIpc) is 2.27. The summed E-state index contributed by atoms with van der Waals surface area (Å²) < 4.78 is 26.2. The van der Waals surface area contributed by atoms with Crippen molar-refractivity contribution in [3.8, 4) is 0 Å². The number of carbonyl (C=O) groups excluding carboxylic acids is 1. The van der Waals surface area contributed by atoms with Gasteiger partial charge in [0.05, 0.1) is 0 Å². The molecule has 2 aliphatic carbocycles. The number of hydrogen-bond acceptors (Lipinski definition) is 1. The predicted octanol–water partition coefficient (Wildman–Crippen LogP) is -1.93. The normalized spacial score (nSPS) is 54.3. The van der Waals surface area contributed by atoms with E-state index in [9.17, 15) is 13.6 Å². The fourth-order valence-corrected chi connectivity index (χ4v) is 7.40. The van der Waals surface area contributed by atoms with Gasteiger partial charge in [0, 0.05) is 0 Å². The van der Waals surface area contributed by atoms with Crippen LogP contribution in [0.5, 0.6) is 0 Å². The van der Waals surface area contributed by atoms with Gasteiger partial charge in [0.1, 0.15) is 0 Å². The van der Waals surface area contributed by atoms with Crippen LogP contribution >= 0.6 is 0 Å². The minimum atomic E-state index is -2.46. The topological polar surface area (TPSA) is 17.1 Å². The number of Topliss-reactive ketones (excluding diaryl/α,β-unsaturated/α-hetero) is 1. The van der Waals surface area contributed by atoms with Crippen molar-refractivity contribution < 1.29 is 34.8 Å². The first-order valence-electron chi connectivity index (χ1n) is 4.16. The number of alkyl halides is 4. The molecule has 1 heterocycles. The van der Waals surface area contributed by atoms with Gasteiger partial charge >= 0.3 is 79.0 Å². The zero-order chi connectivity index (χ0) is 8.51. The first-order chi connectivity index (χ1) is 5.62. The number of carbonyl (C=O) groups is 1. The van der Waals surface area contributed by atoms with E-state index in [2.05, 4.69) is 0 Å². The van der Waals surface area contributed by atoms with Crippen molar-refractivity contribution in [3.05, 3.63) is 0 Å². The van der Waals surface area contributed by atoms with Crippen LogP contribution in [0, 0.1) is 11.8 Å². The molecule has 2 bridgehead atoms. The molecule has 0 aromatic heterocycles. The summed E-state index contributed by atoms with van der Waals surface area (Å²) in [6.07, 6.45) is 1.36. The number of hydrogen-bond donors (Lipinski definition) is 0. The van der Waals surface area contributed by atoms with Gasteiger partial charge in [0.15, 0.2) is 0 Å². The van der Waals surface area contributed by atoms with Crippen LogP contribution < -0.4 is 21.2 Å². The van der Waals surface area contributed by atoms with E-state index < -0.39 is 33.0 Å². The molecule has 3 aliphatic rings. The summed E-state index contributed by atoms with van der Waals surface area (Å²) in [6, 6.07) is 0. The van der Waals surface area contributed by atoms with Gasteiger partial charge in [-0.25, -0.2) is 0 Å². The number of halogens is 3. The maximum atomic E-state index is 13.4. The molecular weight excluding hydrogens is 277 g/mol. The van der Waals surface area contributed by atoms with E-state index in [0.29, 0.717) is 6.42 Å². The van der Waals surface area contributed by atoms with E-state index in [4.69, 9.17) is 0 Å². The molecule has 2 saturated carbocycles. The zero-order valence-corrected chi connectivity index (χ0v) is 8.42.